The minimum atomic E-state index is -0.143. The zero-order chi connectivity index (χ0) is 23.3. The second-order valence-corrected chi connectivity index (χ2v) is 8.59. The number of anilines is 1. The Balaban J connectivity index is 1.43. The van der Waals surface area contributed by atoms with Gasteiger partial charge in [-0.25, -0.2) is 15.0 Å². The standard InChI is InChI=1S/C24H24N6O3S/c1-32-19-14-16(5-8-26-19)6-9-27-23(31)17-15-34-24-20(17)22(30-10-12-33-13-11-30)28-21(29-24)18-4-2-3-7-25-18/h2-5,7-8,14-15H,6,9-13H2,1H3,(H,27,31). The number of carbonyl (C=O) groups excluding carboxylic acids is 1. The summed E-state index contributed by atoms with van der Waals surface area (Å²) in [5.74, 6) is 1.72. The van der Waals surface area contributed by atoms with E-state index in [0.29, 0.717) is 62.2 Å². The summed E-state index contributed by atoms with van der Waals surface area (Å²) in [7, 11) is 1.59. The predicted molar refractivity (Wildman–Crippen MR) is 131 cm³/mol. The van der Waals surface area contributed by atoms with E-state index >= 15 is 0 Å². The van der Waals surface area contributed by atoms with Crippen LogP contribution >= 0.6 is 11.3 Å². The fraction of sp³-hybridized carbons (Fsp3) is 0.292. The molecule has 1 saturated heterocycles. The van der Waals surface area contributed by atoms with E-state index in [1.54, 1.807) is 19.5 Å². The molecular formula is C24H24N6O3S. The fourth-order valence-electron chi connectivity index (χ4n) is 3.84. The molecule has 5 heterocycles. The van der Waals surface area contributed by atoms with Gasteiger partial charge in [-0.1, -0.05) is 6.07 Å². The molecular weight excluding hydrogens is 452 g/mol. The molecule has 4 aromatic heterocycles. The molecule has 0 spiro atoms. The molecule has 1 aliphatic rings. The maximum Gasteiger partial charge on any atom is 0.252 e. The predicted octanol–water partition coefficient (Wildman–Crippen LogP) is 2.97. The zero-order valence-electron chi connectivity index (χ0n) is 18.7. The molecule has 0 aliphatic carbocycles. The number of ether oxygens (including phenoxy) is 2. The van der Waals surface area contributed by atoms with E-state index in [-0.39, 0.29) is 5.91 Å². The van der Waals surface area contributed by atoms with E-state index in [0.717, 1.165) is 21.6 Å². The van der Waals surface area contributed by atoms with Gasteiger partial charge in [0.05, 0.1) is 31.3 Å². The third-order valence-electron chi connectivity index (χ3n) is 5.57. The van der Waals surface area contributed by atoms with Gasteiger partial charge in [-0.05, 0) is 30.2 Å². The van der Waals surface area contributed by atoms with Crippen molar-refractivity contribution in [1.82, 2.24) is 25.3 Å². The Morgan fingerprint density at radius 2 is 2.06 bits per heavy atom. The van der Waals surface area contributed by atoms with Crippen molar-refractivity contribution in [2.45, 2.75) is 6.42 Å². The lowest BCUT2D eigenvalue weighted by molar-refractivity contribution is 0.0956. The van der Waals surface area contributed by atoms with E-state index in [4.69, 9.17) is 19.4 Å². The van der Waals surface area contributed by atoms with Crippen molar-refractivity contribution in [3.63, 3.8) is 0 Å². The third-order valence-corrected chi connectivity index (χ3v) is 6.44. The van der Waals surface area contributed by atoms with Crippen LogP contribution in [0.5, 0.6) is 5.88 Å². The maximum absolute atomic E-state index is 13.2. The average molecular weight is 477 g/mol. The van der Waals surface area contributed by atoms with Gasteiger partial charge in [0.2, 0.25) is 5.88 Å². The monoisotopic (exact) mass is 476 g/mol. The van der Waals surface area contributed by atoms with Gasteiger partial charge in [0, 0.05) is 43.5 Å². The Morgan fingerprint density at radius 1 is 1.18 bits per heavy atom. The molecule has 0 atom stereocenters. The van der Waals surface area contributed by atoms with Crippen molar-refractivity contribution in [3.05, 3.63) is 59.2 Å². The van der Waals surface area contributed by atoms with Crippen LogP contribution in [0.25, 0.3) is 21.7 Å². The summed E-state index contributed by atoms with van der Waals surface area (Å²) in [6.07, 6.45) is 4.10. The van der Waals surface area contributed by atoms with Crippen LogP contribution in [-0.2, 0) is 11.2 Å². The highest BCUT2D eigenvalue weighted by atomic mass is 32.1. The molecule has 34 heavy (non-hydrogen) atoms. The number of rotatable bonds is 7. The van der Waals surface area contributed by atoms with E-state index in [2.05, 4.69) is 20.2 Å². The van der Waals surface area contributed by atoms with Crippen molar-refractivity contribution < 1.29 is 14.3 Å². The number of amides is 1. The molecule has 1 aliphatic heterocycles. The summed E-state index contributed by atoms with van der Waals surface area (Å²) in [6, 6.07) is 9.45. The molecule has 0 radical (unpaired) electrons. The zero-order valence-corrected chi connectivity index (χ0v) is 19.5. The maximum atomic E-state index is 13.2. The number of thiophene rings is 1. The summed E-state index contributed by atoms with van der Waals surface area (Å²) in [4.78, 5) is 34.2. The SMILES string of the molecule is COc1cc(CCNC(=O)c2csc3nc(-c4ccccn4)nc(N4CCOCC4)c23)ccn1. The molecule has 5 rings (SSSR count). The van der Waals surface area contributed by atoms with Gasteiger partial charge in [0.1, 0.15) is 16.3 Å². The topological polar surface area (TPSA) is 102 Å². The molecule has 10 heteroatoms. The van der Waals surface area contributed by atoms with Crippen LogP contribution in [0.15, 0.2) is 48.1 Å². The minimum Gasteiger partial charge on any atom is -0.481 e. The van der Waals surface area contributed by atoms with Gasteiger partial charge < -0.3 is 19.7 Å². The number of hydrogen-bond donors (Lipinski definition) is 1. The van der Waals surface area contributed by atoms with Crippen LogP contribution in [0.2, 0.25) is 0 Å². The lowest BCUT2D eigenvalue weighted by atomic mass is 10.1. The van der Waals surface area contributed by atoms with Crippen molar-refractivity contribution in [1.29, 1.82) is 0 Å². The third kappa shape index (κ3) is 4.68. The summed E-state index contributed by atoms with van der Waals surface area (Å²) in [5, 5.41) is 5.67. The van der Waals surface area contributed by atoms with Gasteiger partial charge in [0.25, 0.3) is 5.91 Å². The number of nitrogens with zero attached hydrogens (tertiary/aromatic N) is 5. The number of methoxy groups -OCH3 is 1. The first-order chi connectivity index (χ1) is 16.7. The number of hydrogen-bond acceptors (Lipinski definition) is 9. The van der Waals surface area contributed by atoms with E-state index < -0.39 is 0 Å². The summed E-state index contributed by atoms with van der Waals surface area (Å²) >= 11 is 1.44. The lowest BCUT2D eigenvalue weighted by Crippen LogP contribution is -2.37. The van der Waals surface area contributed by atoms with Crippen LogP contribution in [-0.4, -0.2) is 65.8 Å². The Kier molecular flexibility index (Phi) is 6.59. The Bertz CT molecular complexity index is 1290. The molecule has 0 saturated carbocycles. The van der Waals surface area contributed by atoms with Gasteiger partial charge in [-0.15, -0.1) is 11.3 Å². The number of fused-ring (bicyclic) bond motifs is 1. The Hall–Kier alpha value is -3.63. The second-order valence-electron chi connectivity index (χ2n) is 7.73. The van der Waals surface area contributed by atoms with E-state index in [1.807, 2.05) is 35.7 Å². The Labute approximate surface area is 200 Å². The van der Waals surface area contributed by atoms with Gasteiger partial charge in [-0.2, -0.15) is 0 Å². The Morgan fingerprint density at radius 3 is 2.85 bits per heavy atom. The van der Waals surface area contributed by atoms with Crippen molar-refractivity contribution in [2.24, 2.45) is 0 Å². The fourth-order valence-corrected chi connectivity index (χ4v) is 4.75. The average Bonchev–Trinajstić information content (AvgIpc) is 3.33. The van der Waals surface area contributed by atoms with Gasteiger partial charge >= 0.3 is 0 Å². The number of nitrogens with one attached hydrogen (secondary N) is 1. The number of morpholine rings is 1. The van der Waals surface area contributed by atoms with Crippen LogP contribution in [0.4, 0.5) is 5.82 Å². The lowest BCUT2D eigenvalue weighted by Gasteiger charge is -2.28. The molecule has 0 aromatic carbocycles. The van der Waals surface area contributed by atoms with Crippen molar-refractivity contribution in [2.75, 3.05) is 44.9 Å². The largest absolute Gasteiger partial charge is 0.481 e. The van der Waals surface area contributed by atoms with Crippen LogP contribution in [0.3, 0.4) is 0 Å². The van der Waals surface area contributed by atoms with E-state index in [9.17, 15) is 4.79 Å². The first kappa shape index (κ1) is 22.2. The quantitative estimate of drug-likeness (QED) is 0.434. The first-order valence-electron chi connectivity index (χ1n) is 11.0. The summed E-state index contributed by atoms with van der Waals surface area (Å²) < 4.78 is 10.7. The number of carbonyl (C=O) groups is 1. The smallest absolute Gasteiger partial charge is 0.252 e. The molecule has 174 valence electrons. The first-order valence-corrected chi connectivity index (χ1v) is 11.9. The number of aromatic nitrogens is 4. The van der Waals surface area contributed by atoms with Gasteiger partial charge in [0.15, 0.2) is 5.82 Å². The summed E-state index contributed by atoms with van der Waals surface area (Å²) in [6.45, 7) is 3.13. The van der Waals surface area contributed by atoms with Crippen LogP contribution < -0.4 is 15.0 Å². The number of pyridine rings is 2. The van der Waals surface area contributed by atoms with E-state index in [1.165, 1.54) is 11.3 Å². The normalized spacial score (nSPS) is 13.7. The minimum absolute atomic E-state index is 0.143. The molecule has 0 bridgehead atoms. The van der Waals surface area contributed by atoms with Gasteiger partial charge in [-0.3, -0.25) is 9.78 Å². The molecule has 4 aromatic rings. The van der Waals surface area contributed by atoms with Crippen molar-refractivity contribution >= 4 is 33.3 Å². The van der Waals surface area contributed by atoms with Crippen molar-refractivity contribution in [3.8, 4) is 17.4 Å². The second kappa shape index (κ2) is 10.1. The highest BCUT2D eigenvalue weighted by Crippen LogP contribution is 2.34. The molecule has 1 fully saturated rings. The summed E-state index contributed by atoms with van der Waals surface area (Å²) in [5.41, 5.74) is 2.33. The van der Waals surface area contributed by atoms with Crippen LogP contribution in [0.1, 0.15) is 15.9 Å². The van der Waals surface area contributed by atoms with Crippen LogP contribution in [0, 0.1) is 0 Å². The molecule has 9 nitrogen and oxygen atoms in total. The molecule has 0 unspecified atom stereocenters. The molecule has 1 amide bonds. The molecule has 1 N–H and O–H groups in total. The highest BCUT2D eigenvalue weighted by molar-refractivity contribution is 7.17. The highest BCUT2D eigenvalue weighted by Gasteiger charge is 2.24.